The third kappa shape index (κ3) is 18.4. The number of aromatic nitrogens is 8. The average molecular weight is 1110 g/mol. The molecule has 8 rings (SSSR count). The molecule has 0 saturated carbocycles. The Balaban J connectivity index is 0.000000266. The minimum Gasteiger partial charge on any atom is -0.483 e. The van der Waals surface area contributed by atoms with Crippen LogP contribution in [0.15, 0.2) is 152 Å². The van der Waals surface area contributed by atoms with E-state index in [-0.39, 0.29) is 25.2 Å². The van der Waals surface area contributed by atoms with Crippen molar-refractivity contribution in [2.75, 3.05) is 7.11 Å². The average Bonchev–Trinajstić information content (AvgIpc) is 3.49. The Kier molecular flexibility index (Phi) is 30.0. The predicted octanol–water partition coefficient (Wildman–Crippen LogP) is 0.687. The topological polar surface area (TPSA) is 245 Å². The molecule has 8 aromatic rings. The van der Waals surface area contributed by atoms with Gasteiger partial charge in [0.15, 0.2) is 0 Å². The van der Waals surface area contributed by atoms with Gasteiger partial charge in [-0.05, 0) is 35.9 Å². The van der Waals surface area contributed by atoms with E-state index < -0.39 is 0 Å². The third-order valence-electron chi connectivity index (χ3n) is 10.6. The standard InChI is InChI=1S/C23H15N3O4.C16H10N4O4.C7H5N.CH4O.8Al.N2.16H/c27-22(28)17-5-1-15(2-6-17)20-13-19(14-9-11-24-12-10-14)21(26-25-20)16-3-7-18(8-4-16)23(29)30;21-15(22)11-5-1-9(2-6-11)13-17-19-14(20-18-13)10-3-7-12(8-4-10)16(23)24;1-2-7-3-5-8-6-4-7;1-2;;;;;;;;;1-2;;;;;;;;;;;;;;;;/h1-13,22-23H;1-8,15-16H;1,3-6H;2H,1H3;;;;;;;;;;;;;;;;;;;;;;;;;/q2*-4;;;8*+1;;;;;;;;;;;;;;;;;. The number of nitrogens with zero attached hydrogens (tertiary/aromatic N) is 10. The van der Waals surface area contributed by atoms with Crippen LogP contribution in [0.2, 0.25) is 0 Å². The zero-order valence-corrected chi connectivity index (χ0v) is 58.5. The summed E-state index contributed by atoms with van der Waals surface area (Å²) in [6.07, 6.45) is 10.9. The SMILES string of the molecule is C#Cc1ccncc1.CO.N#N.[AlH2][O]C([O][AlH2])c1ccc(-c2cc(-c3ccncc3)c(-c3ccc(C([O][AlH2])[O][AlH2])cc3)nn2)cc1.[AlH2][O]C([O][AlH2])c1ccc(-c2nnc(-c3ccc(C([O][AlH2])[O][AlH2])cc3)nn2)cc1. The Morgan fingerprint density at radius 3 is 1.03 bits per heavy atom. The number of aliphatic hydroxyl groups excluding tert-OH is 1. The van der Waals surface area contributed by atoms with Gasteiger partial charge in [0.1, 0.15) is 30.9 Å². The first kappa shape index (κ1) is 62.6. The third-order valence-corrected chi connectivity index (χ3v) is 14.1. The number of terminal acetylenes is 1. The highest BCUT2D eigenvalue weighted by Gasteiger charge is 2.16. The molecule has 0 bridgehead atoms. The lowest BCUT2D eigenvalue weighted by atomic mass is 9.98. The quantitative estimate of drug-likeness (QED) is 0.0571. The van der Waals surface area contributed by atoms with E-state index in [1.165, 1.54) is 0 Å². The lowest BCUT2D eigenvalue weighted by Crippen LogP contribution is -2.05. The largest absolute Gasteiger partial charge is 0.483 e. The van der Waals surface area contributed by atoms with Gasteiger partial charge in [-0.3, -0.25) is 9.97 Å². The van der Waals surface area contributed by atoms with Crippen LogP contribution < -0.4 is 0 Å². The summed E-state index contributed by atoms with van der Waals surface area (Å²) in [5.41, 5.74) is 12.1. The molecule has 0 aliphatic carbocycles. The van der Waals surface area contributed by atoms with Crippen LogP contribution in [0.1, 0.15) is 53.0 Å². The Morgan fingerprint density at radius 2 is 0.716 bits per heavy atom. The molecule has 74 heavy (non-hydrogen) atoms. The van der Waals surface area contributed by atoms with Crippen LogP contribution in [0.5, 0.6) is 0 Å². The molecular formula is C47H50Al8N10O9. The Morgan fingerprint density at radius 1 is 0.405 bits per heavy atom. The summed E-state index contributed by atoms with van der Waals surface area (Å²) in [6.45, 7) is 0. The molecule has 19 nitrogen and oxygen atoms in total. The summed E-state index contributed by atoms with van der Waals surface area (Å²) in [4.78, 5) is 7.97. The highest BCUT2D eigenvalue weighted by Crippen LogP contribution is 2.34. The van der Waals surface area contributed by atoms with Gasteiger partial charge in [0.25, 0.3) is 0 Å². The summed E-state index contributed by atoms with van der Waals surface area (Å²) in [7, 11) is 1.00. The van der Waals surface area contributed by atoms with Gasteiger partial charge in [0.05, 0.1) is 5.69 Å². The second-order valence-corrected chi connectivity index (χ2v) is 18.6. The molecule has 4 heterocycles. The molecule has 1 N–H and O–H groups in total. The second-order valence-electron chi connectivity index (χ2n) is 14.9. The molecule has 4 aromatic heterocycles. The van der Waals surface area contributed by atoms with Gasteiger partial charge in [0, 0.05) is 98.3 Å². The predicted molar refractivity (Wildman–Crippen MR) is 296 cm³/mol. The number of hydrogen-bond donors (Lipinski definition) is 1. The van der Waals surface area contributed by atoms with Crippen molar-refractivity contribution >= 4 is 133 Å². The molecule has 0 fully saturated rings. The zero-order valence-electron chi connectivity index (χ0n) is 42.5. The van der Waals surface area contributed by atoms with Crippen molar-refractivity contribution in [3.8, 4) is 68.8 Å². The van der Waals surface area contributed by atoms with E-state index in [2.05, 4.69) is 52.5 Å². The molecule has 4 aromatic carbocycles. The number of benzene rings is 4. The molecule has 0 spiro atoms. The van der Waals surface area contributed by atoms with E-state index in [0.717, 1.165) is 79.7 Å². The monoisotopic (exact) mass is 1110 g/mol. The molecular weight excluding hydrogens is 1060 g/mol. The van der Waals surface area contributed by atoms with Crippen LogP contribution in [0.3, 0.4) is 0 Å². The van der Waals surface area contributed by atoms with Gasteiger partial charge in [-0.2, -0.15) is 0 Å². The number of aliphatic hydroxyl groups is 1. The fourth-order valence-corrected chi connectivity index (χ4v) is 12.3. The van der Waals surface area contributed by atoms with E-state index in [1.807, 2.05) is 109 Å². The molecule has 0 aliphatic heterocycles. The minimum atomic E-state index is -0.288. The van der Waals surface area contributed by atoms with Crippen LogP contribution in [0, 0.1) is 23.1 Å². The van der Waals surface area contributed by atoms with E-state index in [0.29, 0.717) is 145 Å². The van der Waals surface area contributed by atoms with E-state index in [9.17, 15) is 0 Å². The maximum absolute atomic E-state index is 7.00. The normalized spacial score (nSPS) is 10.4. The first-order valence-electron chi connectivity index (χ1n) is 22.3. The van der Waals surface area contributed by atoms with Gasteiger partial charge < -0.3 is 35.4 Å². The van der Waals surface area contributed by atoms with Gasteiger partial charge in [-0.15, -0.1) is 37.0 Å². The van der Waals surface area contributed by atoms with Crippen LogP contribution in [0.4, 0.5) is 0 Å². The van der Waals surface area contributed by atoms with Gasteiger partial charge >= 0.3 is 133 Å². The van der Waals surface area contributed by atoms with E-state index >= 15 is 0 Å². The maximum atomic E-state index is 7.00. The molecule has 366 valence electrons. The first-order valence-corrected chi connectivity index (χ1v) is 28.8. The summed E-state index contributed by atoms with van der Waals surface area (Å²) in [6, 6.07) is 41.3. The minimum absolute atomic E-state index is 0.281. The van der Waals surface area contributed by atoms with Crippen molar-refractivity contribution in [2.24, 2.45) is 0 Å². The van der Waals surface area contributed by atoms with Gasteiger partial charge in [-0.25, -0.2) is 0 Å². The van der Waals surface area contributed by atoms with Crippen molar-refractivity contribution in [1.82, 2.24) is 40.6 Å². The molecule has 0 atom stereocenters. The smallest absolute Gasteiger partial charge is 0.413 e. The summed E-state index contributed by atoms with van der Waals surface area (Å²) < 4.78 is 43.8. The summed E-state index contributed by atoms with van der Waals surface area (Å²) >= 11 is 4.94. The molecule has 0 unspecified atom stereocenters. The number of rotatable bonds is 17. The zero-order chi connectivity index (χ0) is 53.7. The van der Waals surface area contributed by atoms with Crippen molar-refractivity contribution < 1.29 is 35.4 Å². The number of hydrogen-bond acceptors (Lipinski definition) is 19. The highest BCUT2D eigenvalue weighted by molar-refractivity contribution is 6.01. The second kappa shape index (κ2) is 35.4. The van der Waals surface area contributed by atoms with Crippen molar-refractivity contribution in [1.29, 1.82) is 10.8 Å². The fourth-order valence-electron chi connectivity index (χ4n) is 7.07. The van der Waals surface area contributed by atoms with Crippen LogP contribution in [0.25, 0.3) is 56.4 Å². The Labute approximate surface area is 496 Å². The Hall–Kier alpha value is -3.92. The van der Waals surface area contributed by atoms with Crippen molar-refractivity contribution in [3.05, 3.63) is 180 Å². The van der Waals surface area contributed by atoms with Gasteiger partial charge in [-0.1, -0.05) is 103 Å². The van der Waals surface area contributed by atoms with Crippen molar-refractivity contribution in [2.45, 2.75) is 25.2 Å². The Bertz CT molecular complexity index is 2820. The molecule has 27 heteroatoms. The summed E-state index contributed by atoms with van der Waals surface area (Å²) in [5, 5.41) is 45.1. The van der Waals surface area contributed by atoms with Crippen LogP contribution in [-0.2, 0) is 30.3 Å². The lowest BCUT2D eigenvalue weighted by molar-refractivity contribution is 0.0178. The molecule has 0 radical (unpaired) electrons. The van der Waals surface area contributed by atoms with Gasteiger partial charge in [0.2, 0.25) is 11.6 Å². The highest BCUT2D eigenvalue weighted by atomic mass is 27.1. The molecule has 0 aliphatic rings. The number of pyridine rings is 2. The van der Waals surface area contributed by atoms with E-state index in [4.69, 9.17) is 52.6 Å². The lowest BCUT2D eigenvalue weighted by Gasteiger charge is -2.18. The maximum Gasteiger partial charge on any atom is 0.413 e. The first-order chi connectivity index (χ1) is 36.3. The summed E-state index contributed by atoms with van der Waals surface area (Å²) in [5.74, 6) is 3.42. The molecule has 0 saturated heterocycles. The van der Waals surface area contributed by atoms with Crippen LogP contribution in [-0.4, -0.2) is 186 Å². The van der Waals surface area contributed by atoms with E-state index in [1.54, 1.807) is 36.9 Å². The molecule has 0 amide bonds. The fraction of sp³-hybridized carbons (Fsp3) is 0.106. The van der Waals surface area contributed by atoms with Crippen molar-refractivity contribution in [3.63, 3.8) is 0 Å². The van der Waals surface area contributed by atoms with Crippen LogP contribution >= 0.6 is 0 Å².